The fourth-order valence-corrected chi connectivity index (χ4v) is 2.81. The number of ether oxygens (including phenoxy) is 2. The third-order valence-corrected chi connectivity index (χ3v) is 4.20. The molecule has 5 heteroatoms. The largest absolute Gasteiger partial charge is 0.497 e. The van der Waals surface area contributed by atoms with Crippen molar-refractivity contribution in [2.24, 2.45) is 0 Å². The molecule has 3 rings (SSSR count). The van der Waals surface area contributed by atoms with Gasteiger partial charge in [0.05, 0.1) is 26.0 Å². The molecule has 2 aromatic carbocycles. The van der Waals surface area contributed by atoms with Crippen LogP contribution in [0.4, 0.5) is 0 Å². The zero-order chi connectivity index (χ0) is 19.8. The van der Waals surface area contributed by atoms with E-state index < -0.39 is 0 Å². The molecule has 0 spiro atoms. The van der Waals surface area contributed by atoms with E-state index in [4.69, 9.17) is 13.9 Å². The predicted molar refractivity (Wildman–Crippen MR) is 108 cm³/mol. The second-order valence-corrected chi connectivity index (χ2v) is 6.07. The molecule has 0 bridgehead atoms. The average molecular weight is 377 g/mol. The lowest BCUT2D eigenvalue weighted by atomic mass is 9.98. The second-order valence-electron chi connectivity index (χ2n) is 6.07. The van der Waals surface area contributed by atoms with Crippen molar-refractivity contribution < 1.29 is 18.7 Å². The van der Waals surface area contributed by atoms with Gasteiger partial charge in [0.1, 0.15) is 17.3 Å². The summed E-state index contributed by atoms with van der Waals surface area (Å²) in [5, 5.41) is 3.05. The van der Waals surface area contributed by atoms with Crippen LogP contribution in [-0.4, -0.2) is 19.6 Å². The summed E-state index contributed by atoms with van der Waals surface area (Å²) in [7, 11) is 1.63. The van der Waals surface area contributed by atoms with Crippen LogP contribution in [0.25, 0.3) is 6.08 Å². The van der Waals surface area contributed by atoms with Crippen molar-refractivity contribution in [2.75, 3.05) is 13.7 Å². The fourth-order valence-electron chi connectivity index (χ4n) is 2.81. The van der Waals surface area contributed by atoms with E-state index in [1.165, 1.54) is 6.08 Å². The molecule has 5 nitrogen and oxygen atoms in total. The number of amides is 1. The zero-order valence-electron chi connectivity index (χ0n) is 15.9. The van der Waals surface area contributed by atoms with Gasteiger partial charge in [0.2, 0.25) is 5.91 Å². The highest BCUT2D eigenvalue weighted by molar-refractivity contribution is 5.91. The van der Waals surface area contributed by atoms with E-state index in [0.29, 0.717) is 12.4 Å². The Morgan fingerprint density at radius 2 is 1.68 bits per heavy atom. The first-order valence-corrected chi connectivity index (χ1v) is 9.08. The number of carbonyl (C=O) groups is 1. The van der Waals surface area contributed by atoms with E-state index in [9.17, 15) is 4.79 Å². The summed E-state index contributed by atoms with van der Waals surface area (Å²) in [6.45, 7) is 2.55. The van der Waals surface area contributed by atoms with Gasteiger partial charge in [0, 0.05) is 6.08 Å². The molecule has 0 unspecified atom stereocenters. The van der Waals surface area contributed by atoms with Crippen LogP contribution in [0.3, 0.4) is 0 Å². The van der Waals surface area contributed by atoms with Crippen LogP contribution in [0.15, 0.2) is 77.4 Å². The third-order valence-electron chi connectivity index (χ3n) is 4.20. The van der Waals surface area contributed by atoms with Crippen LogP contribution < -0.4 is 14.8 Å². The summed E-state index contributed by atoms with van der Waals surface area (Å²) in [5.74, 6) is 1.96. The maximum Gasteiger partial charge on any atom is 0.244 e. The van der Waals surface area contributed by atoms with Gasteiger partial charge >= 0.3 is 0 Å². The molecule has 1 aromatic heterocycles. The summed E-state index contributed by atoms with van der Waals surface area (Å²) >= 11 is 0. The van der Waals surface area contributed by atoms with Crippen LogP contribution in [0.2, 0.25) is 0 Å². The molecule has 0 aliphatic heterocycles. The number of nitrogens with one attached hydrogen (secondary N) is 1. The smallest absolute Gasteiger partial charge is 0.244 e. The van der Waals surface area contributed by atoms with Gasteiger partial charge in [-0.15, -0.1) is 0 Å². The van der Waals surface area contributed by atoms with E-state index in [1.807, 2.05) is 55.5 Å². The second kappa shape index (κ2) is 9.46. The minimum Gasteiger partial charge on any atom is -0.497 e. The first-order chi connectivity index (χ1) is 13.7. The highest BCUT2D eigenvalue weighted by atomic mass is 16.5. The average Bonchev–Trinajstić information content (AvgIpc) is 3.25. The van der Waals surface area contributed by atoms with Gasteiger partial charge in [0.15, 0.2) is 0 Å². The monoisotopic (exact) mass is 377 g/mol. The lowest BCUT2D eigenvalue weighted by Crippen LogP contribution is -2.27. The third kappa shape index (κ3) is 5.04. The van der Waals surface area contributed by atoms with Crippen LogP contribution >= 0.6 is 0 Å². The van der Waals surface area contributed by atoms with E-state index >= 15 is 0 Å². The molecular weight excluding hydrogens is 354 g/mol. The molecule has 0 aliphatic rings. The number of carbonyl (C=O) groups excluding carboxylic acids is 1. The molecule has 0 radical (unpaired) electrons. The summed E-state index contributed by atoms with van der Waals surface area (Å²) < 4.78 is 16.0. The number of benzene rings is 2. The van der Waals surface area contributed by atoms with E-state index in [0.717, 1.165) is 22.6 Å². The molecule has 0 saturated carbocycles. The molecule has 1 atom stereocenters. The minimum atomic E-state index is -0.310. The van der Waals surface area contributed by atoms with Crippen LogP contribution in [0.1, 0.15) is 29.9 Å². The quantitative estimate of drug-likeness (QED) is 0.583. The van der Waals surface area contributed by atoms with Gasteiger partial charge in [0.25, 0.3) is 0 Å². The maximum absolute atomic E-state index is 12.5. The van der Waals surface area contributed by atoms with Crippen molar-refractivity contribution in [2.45, 2.75) is 13.0 Å². The van der Waals surface area contributed by atoms with Crippen molar-refractivity contribution >= 4 is 12.0 Å². The summed E-state index contributed by atoms with van der Waals surface area (Å²) in [5.41, 5.74) is 1.90. The molecular formula is C23H23NO4. The Bertz CT molecular complexity index is 897. The number of hydrogen-bond acceptors (Lipinski definition) is 4. The first-order valence-electron chi connectivity index (χ1n) is 9.08. The standard InChI is InChI=1S/C23H23NO4/c1-3-27-21-12-8-18(9-13-21)23(17-6-10-19(26-2)11-7-17)24-22(25)15-14-20-5-4-16-28-20/h4-16,23H,3H2,1-2H3,(H,24,25)/b15-14+/t23-/m1/s1. The van der Waals surface area contributed by atoms with Gasteiger partial charge in [-0.05, 0) is 60.5 Å². The van der Waals surface area contributed by atoms with Crippen LogP contribution in [0.5, 0.6) is 11.5 Å². The first kappa shape index (κ1) is 19.3. The van der Waals surface area contributed by atoms with Gasteiger partial charge < -0.3 is 19.2 Å². The van der Waals surface area contributed by atoms with Crippen molar-refractivity contribution in [1.29, 1.82) is 0 Å². The van der Waals surface area contributed by atoms with Crippen molar-refractivity contribution in [3.8, 4) is 11.5 Å². The number of furan rings is 1. The molecule has 1 amide bonds. The van der Waals surface area contributed by atoms with Gasteiger partial charge in [-0.2, -0.15) is 0 Å². The topological polar surface area (TPSA) is 60.7 Å². The Hall–Kier alpha value is -3.47. The maximum atomic E-state index is 12.5. The van der Waals surface area contributed by atoms with Gasteiger partial charge in [-0.25, -0.2) is 0 Å². The van der Waals surface area contributed by atoms with E-state index in [-0.39, 0.29) is 11.9 Å². The molecule has 28 heavy (non-hydrogen) atoms. The number of methoxy groups -OCH3 is 1. The summed E-state index contributed by atoms with van der Waals surface area (Å²) in [6, 6.07) is 18.6. The van der Waals surface area contributed by atoms with Crippen molar-refractivity contribution in [1.82, 2.24) is 5.32 Å². The molecule has 0 saturated heterocycles. The zero-order valence-corrected chi connectivity index (χ0v) is 15.9. The summed E-state index contributed by atoms with van der Waals surface area (Å²) in [4.78, 5) is 12.5. The SMILES string of the molecule is CCOc1ccc([C@H](NC(=O)/C=C/c2ccco2)c2ccc(OC)cc2)cc1. The van der Waals surface area contributed by atoms with Crippen LogP contribution in [0, 0.1) is 0 Å². The lowest BCUT2D eigenvalue weighted by molar-refractivity contribution is -0.116. The van der Waals surface area contributed by atoms with Gasteiger partial charge in [-0.3, -0.25) is 4.79 Å². The van der Waals surface area contributed by atoms with Crippen LogP contribution in [-0.2, 0) is 4.79 Å². The Balaban J connectivity index is 1.83. The number of hydrogen-bond donors (Lipinski definition) is 1. The Kier molecular flexibility index (Phi) is 6.52. The Labute approximate surface area is 164 Å². The molecule has 0 fully saturated rings. The van der Waals surface area contributed by atoms with E-state index in [2.05, 4.69) is 5.32 Å². The molecule has 144 valence electrons. The summed E-state index contributed by atoms with van der Waals surface area (Å²) in [6.07, 6.45) is 4.67. The number of rotatable bonds is 8. The highest BCUT2D eigenvalue weighted by Crippen LogP contribution is 2.26. The molecule has 1 heterocycles. The highest BCUT2D eigenvalue weighted by Gasteiger charge is 2.16. The molecule has 0 aliphatic carbocycles. The predicted octanol–water partition coefficient (Wildman–Crippen LogP) is 4.61. The molecule has 3 aromatic rings. The Morgan fingerprint density at radius 3 is 2.21 bits per heavy atom. The van der Waals surface area contributed by atoms with Gasteiger partial charge in [-0.1, -0.05) is 24.3 Å². The van der Waals surface area contributed by atoms with Crippen molar-refractivity contribution in [3.05, 3.63) is 89.9 Å². The fraction of sp³-hybridized carbons (Fsp3) is 0.174. The van der Waals surface area contributed by atoms with Crippen molar-refractivity contribution in [3.63, 3.8) is 0 Å². The molecule has 1 N–H and O–H groups in total. The normalized spacial score (nSPS) is 11.9. The van der Waals surface area contributed by atoms with E-state index in [1.54, 1.807) is 31.6 Å². The Morgan fingerprint density at radius 1 is 1.04 bits per heavy atom. The minimum absolute atomic E-state index is 0.217. The lowest BCUT2D eigenvalue weighted by Gasteiger charge is -2.20.